The molecule has 0 radical (unpaired) electrons. The molecule has 0 aromatic heterocycles. The van der Waals surface area contributed by atoms with Gasteiger partial charge >= 0.3 is 0 Å². The summed E-state index contributed by atoms with van der Waals surface area (Å²) >= 11 is 0. The van der Waals surface area contributed by atoms with Crippen LogP contribution in [0.1, 0.15) is 30.9 Å². The number of nitrogens with one attached hydrogen (secondary N) is 2. The van der Waals surface area contributed by atoms with Crippen molar-refractivity contribution in [2.75, 3.05) is 33.7 Å². The molecule has 0 aliphatic carbocycles. The van der Waals surface area contributed by atoms with E-state index in [4.69, 9.17) is 0 Å². The van der Waals surface area contributed by atoms with Crippen LogP contribution in [0.15, 0.2) is 29.3 Å². The van der Waals surface area contributed by atoms with Gasteiger partial charge in [0.15, 0.2) is 5.96 Å². The SMILES string of the molecule is CCNC(=NCC(=O)N(C)C)NCC(C)c1cccc(C)c1. The van der Waals surface area contributed by atoms with E-state index in [9.17, 15) is 4.79 Å². The van der Waals surface area contributed by atoms with Gasteiger partial charge in [-0.15, -0.1) is 0 Å². The third-order valence-corrected chi connectivity index (χ3v) is 3.40. The summed E-state index contributed by atoms with van der Waals surface area (Å²) < 4.78 is 0. The molecule has 2 N–H and O–H groups in total. The molecule has 22 heavy (non-hydrogen) atoms. The lowest BCUT2D eigenvalue weighted by atomic mass is 9.99. The zero-order valence-electron chi connectivity index (χ0n) is 14.3. The van der Waals surface area contributed by atoms with Gasteiger partial charge in [0.1, 0.15) is 6.54 Å². The Bertz CT molecular complexity index is 511. The van der Waals surface area contributed by atoms with E-state index in [0.717, 1.165) is 13.1 Å². The molecule has 1 rings (SSSR count). The number of amides is 1. The number of aryl methyl sites for hydroxylation is 1. The lowest BCUT2D eigenvalue weighted by Gasteiger charge is -2.17. The van der Waals surface area contributed by atoms with Gasteiger partial charge < -0.3 is 15.5 Å². The number of rotatable bonds is 6. The first-order valence-corrected chi connectivity index (χ1v) is 7.73. The Morgan fingerprint density at radius 1 is 1.32 bits per heavy atom. The summed E-state index contributed by atoms with van der Waals surface area (Å²) in [7, 11) is 3.47. The number of guanidine groups is 1. The quantitative estimate of drug-likeness (QED) is 0.622. The van der Waals surface area contributed by atoms with Gasteiger partial charge in [-0.1, -0.05) is 36.8 Å². The number of hydrogen-bond donors (Lipinski definition) is 2. The minimum atomic E-state index is -0.0102. The van der Waals surface area contributed by atoms with Crippen LogP contribution in [0.2, 0.25) is 0 Å². The van der Waals surface area contributed by atoms with Gasteiger partial charge in [0.2, 0.25) is 5.91 Å². The summed E-state index contributed by atoms with van der Waals surface area (Å²) in [6.07, 6.45) is 0. The van der Waals surface area contributed by atoms with Crippen molar-refractivity contribution in [2.45, 2.75) is 26.7 Å². The third kappa shape index (κ3) is 6.16. The summed E-state index contributed by atoms with van der Waals surface area (Å²) in [5.74, 6) is 1.04. The number of likely N-dealkylation sites (N-methyl/N-ethyl adjacent to an activating group) is 1. The van der Waals surface area contributed by atoms with Crippen molar-refractivity contribution < 1.29 is 4.79 Å². The molecule has 1 amide bonds. The van der Waals surface area contributed by atoms with Crippen molar-refractivity contribution in [3.05, 3.63) is 35.4 Å². The van der Waals surface area contributed by atoms with Crippen LogP contribution in [-0.4, -0.2) is 50.5 Å². The maximum absolute atomic E-state index is 11.6. The van der Waals surface area contributed by atoms with Crippen molar-refractivity contribution in [3.63, 3.8) is 0 Å². The van der Waals surface area contributed by atoms with Crippen molar-refractivity contribution in [1.82, 2.24) is 15.5 Å². The highest BCUT2D eigenvalue weighted by atomic mass is 16.2. The predicted octanol–water partition coefficient (Wildman–Crippen LogP) is 1.74. The fourth-order valence-corrected chi connectivity index (χ4v) is 1.97. The highest BCUT2D eigenvalue weighted by molar-refractivity contribution is 5.84. The molecule has 1 unspecified atom stereocenters. The van der Waals surface area contributed by atoms with Crippen LogP contribution in [0.4, 0.5) is 0 Å². The lowest BCUT2D eigenvalue weighted by molar-refractivity contribution is -0.127. The number of carbonyl (C=O) groups excluding carboxylic acids is 1. The molecular weight excluding hydrogens is 276 g/mol. The maximum Gasteiger partial charge on any atom is 0.243 e. The van der Waals surface area contributed by atoms with Crippen molar-refractivity contribution in [2.24, 2.45) is 4.99 Å². The molecule has 1 aromatic rings. The monoisotopic (exact) mass is 304 g/mol. The fraction of sp³-hybridized carbons (Fsp3) is 0.529. The number of carbonyl (C=O) groups is 1. The average molecular weight is 304 g/mol. The Morgan fingerprint density at radius 2 is 2.05 bits per heavy atom. The van der Waals surface area contributed by atoms with Crippen LogP contribution in [0, 0.1) is 6.92 Å². The maximum atomic E-state index is 11.6. The molecule has 0 fully saturated rings. The van der Waals surface area contributed by atoms with E-state index in [0.29, 0.717) is 11.9 Å². The van der Waals surface area contributed by atoms with Gasteiger partial charge in [0, 0.05) is 27.2 Å². The molecule has 1 aromatic carbocycles. The Balaban J connectivity index is 2.60. The van der Waals surface area contributed by atoms with Crippen LogP contribution in [-0.2, 0) is 4.79 Å². The Kier molecular flexibility index (Phi) is 7.43. The first-order chi connectivity index (χ1) is 10.4. The minimum absolute atomic E-state index is 0.0102. The van der Waals surface area contributed by atoms with Gasteiger partial charge in [-0.2, -0.15) is 0 Å². The second-order valence-electron chi connectivity index (χ2n) is 5.68. The van der Waals surface area contributed by atoms with Crippen LogP contribution in [0.3, 0.4) is 0 Å². The molecular formula is C17H28N4O. The zero-order valence-corrected chi connectivity index (χ0v) is 14.3. The van der Waals surface area contributed by atoms with Gasteiger partial charge in [0.25, 0.3) is 0 Å². The number of benzene rings is 1. The second-order valence-corrected chi connectivity index (χ2v) is 5.68. The predicted molar refractivity (Wildman–Crippen MR) is 92.3 cm³/mol. The number of aliphatic imine (C=N–C) groups is 1. The van der Waals surface area contributed by atoms with Crippen LogP contribution in [0.25, 0.3) is 0 Å². The van der Waals surface area contributed by atoms with Gasteiger partial charge in [-0.05, 0) is 25.3 Å². The molecule has 0 saturated heterocycles. The summed E-state index contributed by atoms with van der Waals surface area (Å²) in [4.78, 5) is 17.5. The highest BCUT2D eigenvalue weighted by Crippen LogP contribution is 2.15. The van der Waals surface area contributed by atoms with Gasteiger partial charge in [-0.3, -0.25) is 4.79 Å². The van der Waals surface area contributed by atoms with Crippen LogP contribution in [0.5, 0.6) is 0 Å². The lowest BCUT2D eigenvalue weighted by Crippen LogP contribution is -2.40. The first-order valence-electron chi connectivity index (χ1n) is 7.73. The Hall–Kier alpha value is -2.04. The second kappa shape index (κ2) is 9.07. The molecule has 0 spiro atoms. The molecule has 1 atom stereocenters. The number of hydrogen-bond acceptors (Lipinski definition) is 2. The smallest absolute Gasteiger partial charge is 0.243 e. The van der Waals surface area contributed by atoms with Crippen LogP contribution < -0.4 is 10.6 Å². The van der Waals surface area contributed by atoms with Crippen molar-refractivity contribution in [1.29, 1.82) is 0 Å². The average Bonchev–Trinajstić information content (AvgIpc) is 2.49. The van der Waals surface area contributed by atoms with E-state index in [1.54, 1.807) is 19.0 Å². The van der Waals surface area contributed by atoms with E-state index in [1.165, 1.54) is 11.1 Å². The highest BCUT2D eigenvalue weighted by Gasteiger charge is 2.08. The van der Waals surface area contributed by atoms with E-state index in [1.807, 2.05) is 6.92 Å². The van der Waals surface area contributed by atoms with Crippen molar-refractivity contribution >= 4 is 11.9 Å². The van der Waals surface area contributed by atoms with Crippen molar-refractivity contribution in [3.8, 4) is 0 Å². The van der Waals surface area contributed by atoms with E-state index < -0.39 is 0 Å². The molecule has 5 nitrogen and oxygen atoms in total. The standard InChI is InChI=1S/C17H28N4O/c1-6-18-17(20-12-16(22)21(4)5)19-11-14(3)15-9-7-8-13(2)10-15/h7-10,14H,6,11-12H2,1-5H3,(H2,18,19,20). The minimum Gasteiger partial charge on any atom is -0.357 e. The summed E-state index contributed by atoms with van der Waals surface area (Å²) in [6.45, 7) is 7.97. The molecule has 0 aliphatic rings. The first kappa shape index (κ1) is 18.0. The zero-order chi connectivity index (χ0) is 16.5. The molecule has 5 heteroatoms. The third-order valence-electron chi connectivity index (χ3n) is 3.40. The molecule has 0 aliphatic heterocycles. The Morgan fingerprint density at radius 3 is 2.64 bits per heavy atom. The topological polar surface area (TPSA) is 56.7 Å². The molecule has 0 saturated carbocycles. The van der Waals surface area contributed by atoms with Gasteiger partial charge in [-0.25, -0.2) is 4.99 Å². The summed E-state index contributed by atoms with van der Waals surface area (Å²) in [5, 5.41) is 6.46. The summed E-state index contributed by atoms with van der Waals surface area (Å²) in [5.41, 5.74) is 2.56. The number of nitrogens with zero attached hydrogens (tertiary/aromatic N) is 2. The van der Waals surface area contributed by atoms with Crippen LogP contribution >= 0.6 is 0 Å². The summed E-state index contributed by atoms with van der Waals surface area (Å²) in [6, 6.07) is 8.52. The largest absolute Gasteiger partial charge is 0.357 e. The Labute approximate surface area is 133 Å². The molecule has 0 bridgehead atoms. The molecule has 0 heterocycles. The van der Waals surface area contributed by atoms with E-state index in [2.05, 4.69) is 53.7 Å². The van der Waals surface area contributed by atoms with E-state index >= 15 is 0 Å². The van der Waals surface area contributed by atoms with Gasteiger partial charge in [0.05, 0.1) is 0 Å². The van der Waals surface area contributed by atoms with E-state index in [-0.39, 0.29) is 12.5 Å². The molecule has 122 valence electrons. The normalized spacial score (nSPS) is 12.7. The fourth-order valence-electron chi connectivity index (χ4n) is 1.97.